The molecule has 1 heterocycles. The van der Waals surface area contributed by atoms with E-state index in [-0.39, 0.29) is 0 Å². The lowest BCUT2D eigenvalue weighted by Gasteiger charge is -2.36. The molecule has 3 heteroatoms. The van der Waals surface area contributed by atoms with E-state index in [2.05, 4.69) is 49.2 Å². The molecule has 2 unspecified atom stereocenters. The summed E-state index contributed by atoms with van der Waals surface area (Å²) in [5.74, 6) is 0.961. The van der Waals surface area contributed by atoms with Crippen LogP contribution >= 0.6 is 0 Å². The highest BCUT2D eigenvalue weighted by atomic mass is 16.5. The first-order chi connectivity index (χ1) is 9.12. The lowest BCUT2D eigenvalue weighted by molar-refractivity contribution is 0.166. The van der Waals surface area contributed by atoms with Crippen LogP contribution in [-0.2, 0) is 13.0 Å². The second kappa shape index (κ2) is 6.40. The zero-order chi connectivity index (χ0) is 13.8. The third kappa shape index (κ3) is 3.71. The number of hydrogen-bond donors (Lipinski definition) is 1. The van der Waals surface area contributed by atoms with E-state index in [1.54, 1.807) is 7.11 Å². The van der Waals surface area contributed by atoms with Gasteiger partial charge in [-0.25, -0.2) is 0 Å². The predicted molar refractivity (Wildman–Crippen MR) is 79.7 cm³/mol. The second-order valence-electron chi connectivity index (χ2n) is 5.65. The summed E-state index contributed by atoms with van der Waals surface area (Å²) in [4.78, 5) is 2.55. The van der Waals surface area contributed by atoms with Gasteiger partial charge in [-0.2, -0.15) is 0 Å². The molecule has 2 atom stereocenters. The van der Waals surface area contributed by atoms with Crippen LogP contribution in [0.4, 0.5) is 0 Å². The van der Waals surface area contributed by atoms with Gasteiger partial charge in [-0.05, 0) is 43.5 Å². The molecule has 1 fully saturated rings. The Morgan fingerprint density at radius 1 is 1.21 bits per heavy atom. The first-order valence-corrected chi connectivity index (χ1v) is 7.26. The van der Waals surface area contributed by atoms with Crippen molar-refractivity contribution in [3.05, 3.63) is 29.3 Å². The highest BCUT2D eigenvalue weighted by molar-refractivity contribution is 5.35. The van der Waals surface area contributed by atoms with E-state index in [4.69, 9.17) is 4.74 Å². The Morgan fingerprint density at radius 3 is 2.47 bits per heavy atom. The first-order valence-electron chi connectivity index (χ1n) is 7.26. The molecule has 106 valence electrons. The smallest absolute Gasteiger partial charge is 0.119 e. The molecule has 1 N–H and O–H groups in total. The molecule has 0 aromatic heterocycles. The van der Waals surface area contributed by atoms with E-state index in [1.165, 1.54) is 11.1 Å². The fourth-order valence-corrected chi connectivity index (χ4v) is 3.02. The van der Waals surface area contributed by atoms with Gasteiger partial charge in [0.1, 0.15) is 5.75 Å². The highest BCUT2D eigenvalue weighted by Crippen LogP contribution is 2.20. The number of methoxy groups -OCH3 is 1. The Kier molecular flexibility index (Phi) is 4.83. The molecular weight excluding hydrogens is 236 g/mol. The summed E-state index contributed by atoms with van der Waals surface area (Å²) in [5, 5.41) is 3.58. The summed E-state index contributed by atoms with van der Waals surface area (Å²) in [6.07, 6.45) is 1.06. The minimum absolute atomic E-state index is 0.576. The molecule has 19 heavy (non-hydrogen) atoms. The first kappa shape index (κ1) is 14.4. The summed E-state index contributed by atoms with van der Waals surface area (Å²) in [5.41, 5.74) is 2.84. The van der Waals surface area contributed by atoms with Gasteiger partial charge < -0.3 is 10.1 Å². The molecule has 1 aromatic carbocycles. The van der Waals surface area contributed by atoms with Gasteiger partial charge in [0, 0.05) is 31.7 Å². The molecule has 0 bridgehead atoms. The van der Waals surface area contributed by atoms with Gasteiger partial charge in [0.25, 0.3) is 0 Å². The molecule has 0 radical (unpaired) electrons. The van der Waals surface area contributed by atoms with Crippen LogP contribution in [-0.4, -0.2) is 37.2 Å². The van der Waals surface area contributed by atoms with Crippen molar-refractivity contribution in [3.8, 4) is 5.75 Å². The fourth-order valence-electron chi connectivity index (χ4n) is 3.02. The topological polar surface area (TPSA) is 24.5 Å². The van der Waals surface area contributed by atoms with Crippen molar-refractivity contribution in [3.63, 3.8) is 0 Å². The number of hydrogen-bond acceptors (Lipinski definition) is 3. The number of aryl methyl sites for hydroxylation is 1. The van der Waals surface area contributed by atoms with Crippen LogP contribution in [0.25, 0.3) is 0 Å². The summed E-state index contributed by atoms with van der Waals surface area (Å²) in [7, 11) is 1.73. The monoisotopic (exact) mass is 262 g/mol. The van der Waals surface area contributed by atoms with E-state index in [9.17, 15) is 0 Å². The van der Waals surface area contributed by atoms with Crippen LogP contribution in [0.1, 0.15) is 31.9 Å². The Morgan fingerprint density at radius 2 is 1.89 bits per heavy atom. The average molecular weight is 262 g/mol. The second-order valence-corrected chi connectivity index (χ2v) is 5.65. The van der Waals surface area contributed by atoms with E-state index < -0.39 is 0 Å². The van der Waals surface area contributed by atoms with Gasteiger partial charge in [0.15, 0.2) is 0 Å². The van der Waals surface area contributed by atoms with Gasteiger partial charge in [-0.1, -0.05) is 13.0 Å². The van der Waals surface area contributed by atoms with Gasteiger partial charge in [-0.3, -0.25) is 4.90 Å². The zero-order valence-electron chi connectivity index (χ0n) is 12.6. The van der Waals surface area contributed by atoms with Crippen LogP contribution in [0.15, 0.2) is 18.2 Å². The standard InChI is InChI=1S/C16H26N2O/c1-5-14-8-16(19-4)7-6-15(14)11-18-9-12(2)17-13(3)10-18/h6-8,12-13,17H,5,9-11H2,1-4H3. The van der Waals surface area contributed by atoms with Crippen LogP contribution in [0, 0.1) is 0 Å². The lowest BCUT2D eigenvalue weighted by Crippen LogP contribution is -2.53. The number of benzene rings is 1. The third-order valence-corrected chi connectivity index (χ3v) is 3.82. The molecule has 0 spiro atoms. The van der Waals surface area contributed by atoms with Gasteiger partial charge in [-0.15, -0.1) is 0 Å². The quantitative estimate of drug-likeness (QED) is 0.902. The highest BCUT2D eigenvalue weighted by Gasteiger charge is 2.21. The van der Waals surface area contributed by atoms with Gasteiger partial charge in [0.2, 0.25) is 0 Å². The van der Waals surface area contributed by atoms with Crippen molar-refractivity contribution >= 4 is 0 Å². The maximum Gasteiger partial charge on any atom is 0.119 e. The largest absolute Gasteiger partial charge is 0.497 e. The lowest BCUT2D eigenvalue weighted by atomic mass is 10.0. The Balaban J connectivity index is 2.09. The van der Waals surface area contributed by atoms with Crippen LogP contribution in [0.2, 0.25) is 0 Å². The summed E-state index contributed by atoms with van der Waals surface area (Å²) in [6.45, 7) is 10.0. The normalized spacial score (nSPS) is 24.4. The number of piperazine rings is 1. The van der Waals surface area contributed by atoms with Crippen molar-refractivity contribution in [2.45, 2.75) is 45.8 Å². The molecule has 1 aliphatic rings. The zero-order valence-corrected chi connectivity index (χ0v) is 12.6. The number of nitrogens with zero attached hydrogens (tertiary/aromatic N) is 1. The molecule has 1 aromatic rings. The fraction of sp³-hybridized carbons (Fsp3) is 0.625. The maximum absolute atomic E-state index is 5.31. The predicted octanol–water partition coefficient (Wildman–Crippen LogP) is 2.44. The summed E-state index contributed by atoms with van der Waals surface area (Å²) >= 11 is 0. The summed E-state index contributed by atoms with van der Waals surface area (Å²) < 4.78 is 5.31. The number of rotatable bonds is 4. The van der Waals surface area contributed by atoms with Crippen molar-refractivity contribution in [2.24, 2.45) is 0 Å². The molecule has 0 aliphatic carbocycles. The van der Waals surface area contributed by atoms with Crippen LogP contribution in [0.3, 0.4) is 0 Å². The minimum atomic E-state index is 0.576. The van der Waals surface area contributed by atoms with Crippen molar-refractivity contribution in [1.82, 2.24) is 10.2 Å². The Labute approximate surface area is 116 Å². The van der Waals surface area contributed by atoms with Gasteiger partial charge >= 0.3 is 0 Å². The van der Waals surface area contributed by atoms with E-state index in [0.29, 0.717) is 12.1 Å². The maximum atomic E-state index is 5.31. The summed E-state index contributed by atoms with van der Waals surface area (Å²) in [6, 6.07) is 7.61. The molecule has 0 saturated carbocycles. The Bertz CT molecular complexity index is 409. The molecule has 2 rings (SSSR count). The third-order valence-electron chi connectivity index (χ3n) is 3.82. The van der Waals surface area contributed by atoms with E-state index >= 15 is 0 Å². The molecule has 1 saturated heterocycles. The van der Waals surface area contributed by atoms with Crippen molar-refractivity contribution in [1.29, 1.82) is 0 Å². The van der Waals surface area contributed by atoms with Crippen molar-refractivity contribution in [2.75, 3.05) is 20.2 Å². The minimum Gasteiger partial charge on any atom is -0.497 e. The molecular formula is C16H26N2O. The average Bonchev–Trinajstić information content (AvgIpc) is 2.38. The number of nitrogens with one attached hydrogen (secondary N) is 1. The van der Waals surface area contributed by atoms with Crippen LogP contribution < -0.4 is 10.1 Å². The Hall–Kier alpha value is -1.06. The SMILES string of the molecule is CCc1cc(OC)ccc1CN1CC(C)NC(C)C1. The molecule has 1 aliphatic heterocycles. The number of ether oxygens (including phenoxy) is 1. The molecule has 3 nitrogen and oxygen atoms in total. The molecule has 0 amide bonds. The van der Waals surface area contributed by atoms with Crippen LogP contribution in [0.5, 0.6) is 5.75 Å². The van der Waals surface area contributed by atoms with E-state index in [1.807, 2.05) is 0 Å². The van der Waals surface area contributed by atoms with Gasteiger partial charge in [0.05, 0.1) is 7.11 Å². The van der Waals surface area contributed by atoms with E-state index in [0.717, 1.165) is 31.8 Å². The van der Waals surface area contributed by atoms with Crippen molar-refractivity contribution < 1.29 is 4.74 Å².